The predicted octanol–water partition coefficient (Wildman–Crippen LogP) is 4.13. The highest BCUT2D eigenvalue weighted by Gasteiger charge is 2.33. The first-order valence-corrected chi connectivity index (χ1v) is 11.5. The Bertz CT molecular complexity index is 1120. The van der Waals surface area contributed by atoms with Crippen LogP contribution in [-0.2, 0) is 14.8 Å². The Morgan fingerprint density at radius 3 is 2.26 bits per heavy atom. The van der Waals surface area contributed by atoms with E-state index in [0.29, 0.717) is 12.1 Å². The molecule has 34 heavy (non-hydrogen) atoms. The van der Waals surface area contributed by atoms with Gasteiger partial charge in [-0.15, -0.1) is 13.2 Å². The van der Waals surface area contributed by atoms with Crippen LogP contribution < -0.4 is 19.5 Å². The fraction of sp³-hybridized carbons (Fsp3) is 0.381. The van der Waals surface area contributed by atoms with Crippen molar-refractivity contribution in [2.24, 2.45) is 11.8 Å². The minimum atomic E-state index is -5.18. The zero-order valence-electron chi connectivity index (χ0n) is 18.4. The second-order valence-electron chi connectivity index (χ2n) is 7.42. The maximum atomic E-state index is 13.6. The van der Waals surface area contributed by atoms with E-state index in [1.54, 1.807) is 20.8 Å². The van der Waals surface area contributed by atoms with E-state index in [-0.39, 0.29) is 41.2 Å². The summed E-state index contributed by atoms with van der Waals surface area (Å²) in [5.41, 5.74) is -0.183. The number of nitrogens with one attached hydrogen (secondary N) is 2. The molecule has 0 heterocycles. The zero-order valence-corrected chi connectivity index (χ0v) is 19.3. The first-order chi connectivity index (χ1) is 15.8. The van der Waals surface area contributed by atoms with E-state index >= 15 is 0 Å². The fourth-order valence-electron chi connectivity index (χ4n) is 2.89. The lowest BCUT2D eigenvalue weighted by atomic mass is 9.96. The maximum absolute atomic E-state index is 13.6. The molecular weight excluding hydrogens is 484 g/mol. The number of carbonyl (C=O) groups is 1. The molecule has 0 aliphatic heterocycles. The van der Waals surface area contributed by atoms with Crippen molar-refractivity contribution in [1.82, 2.24) is 0 Å². The van der Waals surface area contributed by atoms with Gasteiger partial charge in [-0.05, 0) is 37.1 Å². The van der Waals surface area contributed by atoms with E-state index in [0.717, 1.165) is 12.1 Å². The van der Waals surface area contributed by atoms with Crippen molar-refractivity contribution in [1.29, 1.82) is 0 Å². The molecule has 0 spiro atoms. The maximum Gasteiger partial charge on any atom is 0.573 e. The van der Waals surface area contributed by atoms with Crippen LogP contribution in [0.4, 0.5) is 28.9 Å². The van der Waals surface area contributed by atoms with Gasteiger partial charge in [-0.3, -0.25) is 9.52 Å². The number of rotatable bonds is 10. The molecule has 13 heteroatoms. The molecule has 0 unspecified atom stereocenters. The number of ether oxygens (including phenoxy) is 2. The molecule has 0 aromatic heterocycles. The molecule has 0 saturated carbocycles. The summed E-state index contributed by atoms with van der Waals surface area (Å²) in [5.74, 6) is -4.00. The Labute approximate surface area is 193 Å². The lowest BCUT2D eigenvalue weighted by Gasteiger charge is -2.19. The number of halogens is 4. The van der Waals surface area contributed by atoms with Gasteiger partial charge in [-0.1, -0.05) is 13.8 Å². The van der Waals surface area contributed by atoms with Crippen LogP contribution in [0, 0.1) is 17.7 Å². The Kier molecular flexibility index (Phi) is 8.72. The van der Waals surface area contributed by atoms with Gasteiger partial charge >= 0.3 is 6.36 Å². The van der Waals surface area contributed by atoms with E-state index in [4.69, 9.17) is 4.74 Å². The van der Waals surface area contributed by atoms with Crippen LogP contribution in [0.1, 0.15) is 20.8 Å². The molecule has 2 aromatic carbocycles. The summed E-state index contributed by atoms with van der Waals surface area (Å²) in [6.07, 6.45) is -5.18. The standard InChI is InChI=1S/C21H24F4N2O6S/c1-4-32-18-9-13(26-20(29)15(11-28)12(2)3)6-8-19(18)34(30,31)27-14-5-7-16(22)17(10-14)33-21(23,24)25/h5-10,12,15,27-28H,4,11H2,1-3H3,(H,26,29)/t15-/m0/s1. The van der Waals surface area contributed by atoms with E-state index < -0.39 is 39.8 Å². The average Bonchev–Trinajstić information content (AvgIpc) is 2.69. The van der Waals surface area contributed by atoms with Crippen LogP contribution in [0.3, 0.4) is 0 Å². The van der Waals surface area contributed by atoms with Crippen LogP contribution in [0.15, 0.2) is 41.3 Å². The summed E-state index contributed by atoms with van der Waals surface area (Å²) >= 11 is 0. The fourth-order valence-corrected chi connectivity index (χ4v) is 4.06. The van der Waals surface area contributed by atoms with Crippen molar-refractivity contribution in [2.75, 3.05) is 23.3 Å². The van der Waals surface area contributed by atoms with E-state index in [2.05, 4.69) is 10.1 Å². The SMILES string of the molecule is CCOc1cc(NC(=O)[C@@H](CO)C(C)C)ccc1S(=O)(=O)Nc1ccc(F)c(OC(F)(F)F)c1. The molecule has 0 bridgehead atoms. The lowest BCUT2D eigenvalue weighted by molar-refractivity contribution is -0.275. The monoisotopic (exact) mass is 508 g/mol. The molecule has 0 radical (unpaired) electrons. The average molecular weight is 508 g/mol. The summed E-state index contributed by atoms with van der Waals surface area (Å²) < 4.78 is 87.7. The number of sulfonamides is 1. The summed E-state index contributed by atoms with van der Waals surface area (Å²) in [5, 5.41) is 12.0. The van der Waals surface area contributed by atoms with Gasteiger partial charge in [0.1, 0.15) is 10.6 Å². The third-order valence-corrected chi connectivity index (χ3v) is 5.97. The zero-order chi connectivity index (χ0) is 25.7. The molecular formula is C21H24F4N2O6S. The van der Waals surface area contributed by atoms with E-state index in [1.165, 1.54) is 12.1 Å². The number of benzene rings is 2. The van der Waals surface area contributed by atoms with Crippen LogP contribution in [0.2, 0.25) is 0 Å². The summed E-state index contributed by atoms with van der Waals surface area (Å²) in [7, 11) is -4.41. The Hall–Kier alpha value is -3.06. The normalized spacial score (nSPS) is 12.9. The number of hydrogen-bond donors (Lipinski definition) is 3. The summed E-state index contributed by atoms with van der Waals surface area (Å²) in [6.45, 7) is 4.79. The van der Waals surface area contributed by atoms with Crippen LogP contribution in [0.5, 0.6) is 11.5 Å². The van der Waals surface area contributed by atoms with Gasteiger partial charge < -0.3 is 19.9 Å². The molecule has 3 N–H and O–H groups in total. The first-order valence-electron chi connectivity index (χ1n) is 10.0. The van der Waals surface area contributed by atoms with Crippen molar-refractivity contribution in [3.8, 4) is 11.5 Å². The number of amides is 1. The van der Waals surface area contributed by atoms with Gasteiger partial charge in [-0.2, -0.15) is 0 Å². The van der Waals surface area contributed by atoms with Crippen molar-refractivity contribution in [3.05, 3.63) is 42.2 Å². The number of anilines is 2. The topological polar surface area (TPSA) is 114 Å². The number of alkyl halides is 3. The minimum Gasteiger partial charge on any atom is -0.492 e. The number of carbonyl (C=O) groups excluding carboxylic acids is 1. The van der Waals surface area contributed by atoms with Crippen LogP contribution >= 0.6 is 0 Å². The van der Waals surface area contributed by atoms with E-state index in [9.17, 15) is 35.9 Å². The smallest absolute Gasteiger partial charge is 0.492 e. The van der Waals surface area contributed by atoms with E-state index in [1.807, 2.05) is 4.72 Å². The molecule has 0 fully saturated rings. The molecule has 8 nitrogen and oxygen atoms in total. The van der Waals surface area contributed by atoms with Crippen LogP contribution in [0.25, 0.3) is 0 Å². The second-order valence-corrected chi connectivity index (χ2v) is 9.07. The largest absolute Gasteiger partial charge is 0.573 e. The summed E-state index contributed by atoms with van der Waals surface area (Å²) in [6, 6.07) is 5.76. The van der Waals surface area contributed by atoms with Gasteiger partial charge in [0.25, 0.3) is 10.0 Å². The van der Waals surface area contributed by atoms with Gasteiger partial charge in [0.2, 0.25) is 5.91 Å². The molecule has 0 saturated heterocycles. The first kappa shape index (κ1) is 27.2. The molecule has 1 amide bonds. The Morgan fingerprint density at radius 1 is 1.09 bits per heavy atom. The molecule has 188 valence electrons. The quantitative estimate of drug-likeness (QED) is 0.416. The molecule has 1 atom stereocenters. The number of aliphatic hydroxyl groups is 1. The van der Waals surface area contributed by atoms with Crippen LogP contribution in [-0.4, -0.2) is 39.0 Å². The second kappa shape index (κ2) is 10.9. The predicted molar refractivity (Wildman–Crippen MR) is 116 cm³/mol. The third kappa shape index (κ3) is 7.22. The van der Waals surface area contributed by atoms with Gasteiger partial charge in [0.05, 0.1) is 24.8 Å². The Morgan fingerprint density at radius 2 is 1.71 bits per heavy atom. The van der Waals surface area contributed by atoms with Crippen molar-refractivity contribution in [3.63, 3.8) is 0 Å². The number of hydrogen-bond acceptors (Lipinski definition) is 6. The van der Waals surface area contributed by atoms with Crippen molar-refractivity contribution >= 4 is 27.3 Å². The van der Waals surface area contributed by atoms with Gasteiger partial charge in [-0.25, -0.2) is 12.8 Å². The highest BCUT2D eigenvalue weighted by atomic mass is 32.2. The molecule has 2 rings (SSSR count). The molecule has 0 aliphatic rings. The molecule has 0 aliphatic carbocycles. The molecule has 2 aromatic rings. The lowest BCUT2D eigenvalue weighted by Crippen LogP contribution is -2.29. The van der Waals surface area contributed by atoms with Gasteiger partial charge in [0, 0.05) is 17.8 Å². The third-order valence-electron chi connectivity index (χ3n) is 4.55. The highest BCUT2D eigenvalue weighted by Crippen LogP contribution is 2.32. The van der Waals surface area contributed by atoms with Gasteiger partial charge in [0.15, 0.2) is 11.6 Å². The van der Waals surface area contributed by atoms with Crippen molar-refractivity contribution < 1.29 is 45.4 Å². The Balaban J connectivity index is 2.35. The summed E-state index contributed by atoms with van der Waals surface area (Å²) in [4.78, 5) is 12.0. The highest BCUT2D eigenvalue weighted by molar-refractivity contribution is 7.92. The minimum absolute atomic E-state index is 0.0608. The number of aliphatic hydroxyl groups excluding tert-OH is 1. The van der Waals surface area contributed by atoms with Crippen molar-refractivity contribution in [2.45, 2.75) is 32.0 Å².